The molecule has 0 spiro atoms. The van der Waals surface area contributed by atoms with Crippen molar-refractivity contribution in [1.82, 2.24) is 20.3 Å². The van der Waals surface area contributed by atoms with Crippen LogP contribution < -0.4 is 10.1 Å². The van der Waals surface area contributed by atoms with Crippen LogP contribution in [-0.4, -0.2) is 50.4 Å². The van der Waals surface area contributed by atoms with E-state index in [-0.39, 0.29) is 19.4 Å². The summed E-state index contributed by atoms with van der Waals surface area (Å²) in [5.41, 5.74) is 1.85. The van der Waals surface area contributed by atoms with Crippen LogP contribution in [0.1, 0.15) is 12.0 Å². The van der Waals surface area contributed by atoms with Crippen molar-refractivity contribution in [3.63, 3.8) is 0 Å². The first kappa shape index (κ1) is 23.3. The normalized spacial score (nSPS) is 12.3. The highest BCUT2D eigenvalue weighted by molar-refractivity contribution is 6.43. The van der Waals surface area contributed by atoms with Gasteiger partial charge in [-0.05, 0) is 24.1 Å². The molecule has 2 aromatic carbocycles. The van der Waals surface area contributed by atoms with E-state index in [1.54, 1.807) is 6.20 Å². The third-order valence-electron chi connectivity index (χ3n) is 4.47. The monoisotopic (exact) mass is 448 g/mol. The first-order valence-electron chi connectivity index (χ1n) is 9.65. The molecule has 0 bridgehead atoms. The predicted octanol–water partition coefficient (Wildman–Crippen LogP) is 1.97. The molecule has 0 aliphatic rings. The fraction of sp³-hybridized carbons (Fsp3) is 0.250. The van der Waals surface area contributed by atoms with Crippen molar-refractivity contribution in [3.8, 4) is 17.0 Å². The number of rotatable bonds is 9. The van der Waals surface area contributed by atoms with Crippen LogP contribution in [0.15, 0.2) is 60.8 Å². The van der Waals surface area contributed by atoms with E-state index in [0.717, 1.165) is 17.7 Å². The lowest BCUT2D eigenvalue weighted by Crippen LogP contribution is -2.48. The number of aryl methyl sites for hydroxylation is 1. The summed E-state index contributed by atoms with van der Waals surface area (Å²) >= 11 is 0. The second-order valence-corrected chi connectivity index (χ2v) is 6.97. The highest BCUT2D eigenvalue weighted by Gasteiger charge is 2.31. The third-order valence-corrected chi connectivity index (χ3v) is 4.47. The lowest BCUT2D eigenvalue weighted by atomic mass is 9.76. The molecular weight excluding hydrogens is 428 g/mol. The van der Waals surface area contributed by atoms with Crippen molar-refractivity contribution in [2.45, 2.75) is 31.7 Å². The Labute approximate surface area is 181 Å². The van der Waals surface area contributed by atoms with Gasteiger partial charge in [-0.2, -0.15) is 0 Å². The molecule has 1 atom stereocenters. The van der Waals surface area contributed by atoms with Crippen molar-refractivity contribution < 1.29 is 32.8 Å². The summed E-state index contributed by atoms with van der Waals surface area (Å²) in [5.74, 6) is -2.05. The van der Waals surface area contributed by atoms with Crippen molar-refractivity contribution in [3.05, 3.63) is 66.4 Å². The molecular formula is C20H20BF3N4O4. The fourth-order valence-corrected chi connectivity index (χ4v) is 3.00. The highest BCUT2D eigenvalue weighted by Crippen LogP contribution is 2.24. The van der Waals surface area contributed by atoms with Gasteiger partial charge in [0.05, 0.1) is 18.7 Å². The van der Waals surface area contributed by atoms with E-state index in [1.807, 2.05) is 30.3 Å². The largest absolute Gasteiger partial charge is 0.573 e. The molecule has 0 radical (unpaired) electrons. The van der Waals surface area contributed by atoms with Crippen molar-refractivity contribution in [1.29, 1.82) is 0 Å². The number of carbonyl (C=O) groups excluding carboxylic acids is 1. The van der Waals surface area contributed by atoms with Crippen LogP contribution in [0.5, 0.6) is 5.75 Å². The lowest BCUT2D eigenvalue weighted by molar-refractivity contribution is -0.274. The molecule has 32 heavy (non-hydrogen) atoms. The molecule has 0 saturated heterocycles. The Hall–Kier alpha value is -3.38. The van der Waals surface area contributed by atoms with Crippen LogP contribution in [0.2, 0.25) is 0 Å². The smallest absolute Gasteiger partial charge is 0.426 e. The Balaban J connectivity index is 1.55. The third kappa shape index (κ3) is 7.10. The number of hydrogen-bond acceptors (Lipinski definition) is 6. The van der Waals surface area contributed by atoms with Gasteiger partial charge in [0.2, 0.25) is 5.91 Å². The van der Waals surface area contributed by atoms with Gasteiger partial charge in [0.25, 0.3) is 0 Å². The molecule has 0 saturated carbocycles. The number of alkyl halides is 3. The van der Waals surface area contributed by atoms with E-state index >= 15 is 0 Å². The summed E-state index contributed by atoms with van der Waals surface area (Å²) in [4.78, 5) is 12.3. The van der Waals surface area contributed by atoms with E-state index in [2.05, 4.69) is 20.4 Å². The summed E-state index contributed by atoms with van der Waals surface area (Å²) < 4.78 is 42.5. The second kappa shape index (κ2) is 10.3. The average molecular weight is 448 g/mol. The van der Waals surface area contributed by atoms with Gasteiger partial charge in [-0.15, -0.1) is 18.3 Å². The van der Waals surface area contributed by atoms with Gasteiger partial charge < -0.3 is 20.1 Å². The minimum Gasteiger partial charge on any atom is -0.426 e. The number of nitrogens with one attached hydrogen (secondary N) is 1. The molecule has 0 fully saturated rings. The molecule has 3 N–H and O–H groups in total. The van der Waals surface area contributed by atoms with E-state index < -0.39 is 31.1 Å². The number of amides is 1. The van der Waals surface area contributed by atoms with Crippen molar-refractivity contribution in [2.75, 3.05) is 0 Å². The lowest BCUT2D eigenvalue weighted by Gasteiger charge is -2.18. The van der Waals surface area contributed by atoms with E-state index in [1.165, 1.54) is 16.8 Å². The average Bonchev–Trinajstić information content (AvgIpc) is 3.20. The number of benzene rings is 2. The van der Waals surface area contributed by atoms with Gasteiger partial charge in [0.15, 0.2) is 0 Å². The van der Waals surface area contributed by atoms with Gasteiger partial charge in [-0.25, -0.2) is 0 Å². The molecule has 12 heteroatoms. The molecule has 1 aromatic heterocycles. The molecule has 3 aromatic rings. The Kier molecular flexibility index (Phi) is 7.49. The van der Waals surface area contributed by atoms with Crippen LogP contribution in [0, 0.1) is 0 Å². The number of halogens is 3. The van der Waals surface area contributed by atoms with Crippen molar-refractivity contribution >= 4 is 13.0 Å². The summed E-state index contributed by atoms with van der Waals surface area (Å²) in [6.07, 6.45) is -3.28. The van der Waals surface area contributed by atoms with Crippen LogP contribution in [0.4, 0.5) is 13.2 Å². The summed E-state index contributed by atoms with van der Waals surface area (Å²) in [6, 6.07) is 14.5. The molecule has 0 unspecified atom stereocenters. The number of hydrogen-bond donors (Lipinski definition) is 3. The Bertz CT molecular complexity index is 1030. The van der Waals surface area contributed by atoms with Crippen LogP contribution in [0.3, 0.4) is 0 Å². The second-order valence-electron chi connectivity index (χ2n) is 6.97. The SMILES string of the molecule is O=C(CCn1cc(-c2ccccc2)nn1)N[C@@H](Cc1cccc(OC(F)(F)F)c1)B(O)O. The Morgan fingerprint density at radius 3 is 2.59 bits per heavy atom. The van der Waals surface area contributed by atoms with Crippen LogP contribution in [-0.2, 0) is 17.8 Å². The summed E-state index contributed by atoms with van der Waals surface area (Å²) in [5, 5.41) is 29.7. The van der Waals surface area contributed by atoms with E-state index in [9.17, 15) is 28.0 Å². The van der Waals surface area contributed by atoms with Gasteiger partial charge >= 0.3 is 13.5 Å². The summed E-state index contributed by atoms with van der Waals surface area (Å²) in [7, 11) is -1.91. The Morgan fingerprint density at radius 1 is 1.16 bits per heavy atom. The summed E-state index contributed by atoms with van der Waals surface area (Å²) in [6.45, 7) is 0.203. The minimum absolute atomic E-state index is 0.0158. The first-order chi connectivity index (χ1) is 15.2. The topological polar surface area (TPSA) is 110 Å². The van der Waals surface area contributed by atoms with Gasteiger partial charge in [-0.1, -0.05) is 47.7 Å². The van der Waals surface area contributed by atoms with Gasteiger partial charge in [-0.3, -0.25) is 9.48 Å². The maximum Gasteiger partial charge on any atom is 0.573 e. The standard InChI is InChI=1S/C20H20BF3N4O4/c22-20(23,24)32-16-8-4-5-14(11-16)12-18(21(30)31)25-19(29)9-10-28-13-17(26-27-28)15-6-2-1-3-7-15/h1-8,11,13,18,30-31H,9-10,12H2,(H,25,29)/t18-/m0/s1. The Morgan fingerprint density at radius 2 is 1.91 bits per heavy atom. The van der Waals surface area contributed by atoms with Crippen molar-refractivity contribution in [2.24, 2.45) is 0 Å². The number of nitrogens with zero attached hydrogens (tertiary/aromatic N) is 3. The first-order valence-corrected chi connectivity index (χ1v) is 9.65. The zero-order chi connectivity index (χ0) is 23.1. The number of aromatic nitrogens is 3. The number of carbonyl (C=O) groups is 1. The minimum atomic E-state index is -4.84. The van der Waals surface area contributed by atoms with Crippen LogP contribution in [0.25, 0.3) is 11.3 Å². The van der Waals surface area contributed by atoms with Crippen LogP contribution >= 0.6 is 0 Å². The molecule has 1 amide bonds. The number of ether oxygens (including phenoxy) is 1. The molecule has 0 aliphatic carbocycles. The van der Waals surface area contributed by atoms with Gasteiger partial charge in [0, 0.05) is 12.0 Å². The zero-order valence-electron chi connectivity index (χ0n) is 16.7. The molecule has 3 rings (SSSR count). The highest BCUT2D eigenvalue weighted by atomic mass is 19.4. The molecule has 1 heterocycles. The van der Waals surface area contributed by atoms with E-state index in [0.29, 0.717) is 11.3 Å². The molecule has 168 valence electrons. The molecule has 8 nitrogen and oxygen atoms in total. The zero-order valence-corrected chi connectivity index (χ0v) is 16.7. The van der Waals surface area contributed by atoms with E-state index in [4.69, 9.17) is 0 Å². The fourth-order valence-electron chi connectivity index (χ4n) is 3.00. The predicted molar refractivity (Wildman–Crippen MR) is 109 cm³/mol. The quantitative estimate of drug-likeness (QED) is 0.432. The molecule has 0 aliphatic heterocycles. The maximum atomic E-state index is 12.4. The van der Waals surface area contributed by atoms with Gasteiger partial charge in [0.1, 0.15) is 11.4 Å². The maximum absolute atomic E-state index is 12.4.